The Kier molecular flexibility index (Phi) is 6.72. The van der Waals surface area contributed by atoms with Crippen molar-refractivity contribution in [2.24, 2.45) is 5.10 Å². The summed E-state index contributed by atoms with van der Waals surface area (Å²) >= 11 is 12.2. The number of aromatic nitrogens is 1. The van der Waals surface area contributed by atoms with Crippen molar-refractivity contribution in [2.75, 3.05) is 0 Å². The summed E-state index contributed by atoms with van der Waals surface area (Å²) in [5.74, 6) is -0.444. The van der Waals surface area contributed by atoms with Crippen molar-refractivity contribution in [1.82, 2.24) is 9.99 Å². The quantitative estimate of drug-likeness (QED) is 0.212. The number of fused-ring (bicyclic) bond motifs is 1. The lowest BCUT2D eigenvalue weighted by Gasteiger charge is -2.06. The first-order valence-electron chi connectivity index (χ1n) is 9.98. The molecule has 9 heteroatoms. The number of hydrazone groups is 1. The minimum Gasteiger partial charge on any atom is -0.342 e. The molecule has 4 rings (SSSR count). The molecule has 166 valence electrons. The van der Waals surface area contributed by atoms with Crippen molar-refractivity contribution in [1.29, 1.82) is 0 Å². The Labute approximate surface area is 199 Å². The molecule has 3 aromatic carbocycles. The predicted molar refractivity (Wildman–Crippen MR) is 130 cm³/mol. The second kappa shape index (κ2) is 9.85. The fourth-order valence-electron chi connectivity index (χ4n) is 3.57. The third kappa shape index (κ3) is 5.22. The normalized spacial score (nSPS) is 11.2. The molecule has 0 aliphatic rings. The number of para-hydroxylation sites is 2. The molecule has 4 aromatic rings. The number of hydrogen-bond acceptors (Lipinski definition) is 4. The number of halogens is 2. The SMILES string of the molecule is O=C(Cc1ccccc1[N+](=O)[O-])NN=Cc1cn(Cc2ccc(Cl)c(Cl)c2)c2ccccc12. The van der Waals surface area contributed by atoms with Crippen LogP contribution in [0.1, 0.15) is 16.7 Å². The van der Waals surface area contributed by atoms with E-state index in [1.54, 1.807) is 30.5 Å². The van der Waals surface area contributed by atoms with Crippen LogP contribution in [0, 0.1) is 10.1 Å². The Morgan fingerprint density at radius 2 is 1.82 bits per heavy atom. The van der Waals surface area contributed by atoms with Crippen molar-refractivity contribution in [3.05, 3.63) is 110 Å². The number of nitro groups is 1. The Bertz CT molecular complexity index is 1380. The molecular formula is C24H18Cl2N4O3. The monoisotopic (exact) mass is 480 g/mol. The smallest absolute Gasteiger partial charge is 0.273 e. The first-order chi connectivity index (χ1) is 15.9. The third-order valence-electron chi connectivity index (χ3n) is 5.09. The standard InChI is InChI=1S/C24H18Cl2N4O3/c25-20-10-9-16(11-21(20)26)14-29-15-18(19-6-2-4-8-23(19)29)13-27-28-24(31)12-17-5-1-3-7-22(17)30(32)33/h1-11,13,15H,12,14H2,(H,28,31). The Morgan fingerprint density at radius 1 is 1.06 bits per heavy atom. The minimum absolute atomic E-state index is 0.0954. The van der Waals surface area contributed by atoms with Crippen molar-refractivity contribution >= 4 is 51.9 Å². The van der Waals surface area contributed by atoms with Gasteiger partial charge in [-0.3, -0.25) is 14.9 Å². The Morgan fingerprint density at radius 3 is 2.61 bits per heavy atom. The molecule has 7 nitrogen and oxygen atoms in total. The summed E-state index contributed by atoms with van der Waals surface area (Å²) in [5.41, 5.74) is 5.49. The lowest BCUT2D eigenvalue weighted by atomic mass is 10.1. The van der Waals surface area contributed by atoms with E-state index in [0.717, 1.165) is 22.0 Å². The number of nitrogens with one attached hydrogen (secondary N) is 1. The molecule has 1 aromatic heterocycles. The fraction of sp³-hybridized carbons (Fsp3) is 0.0833. The second-order valence-electron chi connectivity index (χ2n) is 7.33. The summed E-state index contributed by atoms with van der Waals surface area (Å²) in [4.78, 5) is 22.9. The van der Waals surface area contributed by atoms with Crippen LogP contribution < -0.4 is 5.43 Å². The molecule has 1 amide bonds. The summed E-state index contributed by atoms with van der Waals surface area (Å²) in [6.45, 7) is 0.579. The van der Waals surface area contributed by atoms with Crippen LogP contribution in [-0.4, -0.2) is 21.6 Å². The molecule has 0 aliphatic heterocycles. The zero-order valence-electron chi connectivity index (χ0n) is 17.2. The highest BCUT2D eigenvalue weighted by Gasteiger charge is 2.15. The van der Waals surface area contributed by atoms with Crippen molar-refractivity contribution in [3.63, 3.8) is 0 Å². The van der Waals surface area contributed by atoms with Crippen molar-refractivity contribution < 1.29 is 9.72 Å². The van der Waals surface area contributed by atoms with Gasteiger partial charge in [0, 0.05) is 40.8 Å². The van der Waals surface area contributed by atoms with Gasteiger partial charge in [0.15, 0.2) is 0 Å². The van der Waals surface area contributed by atoms with Crippen LogP contribution in [0.3, 0.4) is 0 Å². The molecule has 0 fully saturated rings. The van der Waals surface area contributed by atoms with Gasteiger partial charge in [0.1, 0.15) is 0 Å². The van der Waals surface area contributed by atoms with E-state index in [1.165, 1.54) is 6.07 Å². The zero-order chi connectivity index (χ0) is 23.4. The number of carbonyl (C=O) groups excluding carboxylic acids is 1. The predicted octanol–water partition coefficient (Wildman–Crippen LogP) is 5.60. The number of hydrogen-bond donors (Lipinski definition) is 1. The van der Waals surface area contributed by atoms with Gasteiger partial charge in [-0.2, -0.15) is 5.10 Å². The molecule has 0 aliphatic carbocycles. The lowest BCUT2D eigenvalue weighted by molar-refractivity contribution is -0.385. The van der Waals surface area contributed by atoms with E-state index < -0.39 is 10.8 Å². The number of nitro benzene ring substituents is 1. The third-order valence-corrected chi connectivity index (χ3v) is 5.83. The number of amides is 1. The molecule has 0 unspecified atom stereocenters. The van der Waals surface area contributed by atoms with E-state index in [4.69, 9.17) is 23.2 Å². The van der Waals surface area contributed by atoms with Gasteiger partial charge in [0.05, 0.1) is 27.6 Å². The van der Waals surface area contributed by atoms with Crippen LogP contribution in [-0.2, 0) is 17.8 Å². The topological polar surface area (TPSA) is 89.5 Å². The molecule has 0 atom stereocenters. The zero-order valence-corrected chi connectivity index (χ0v) is 18.8. The molecule has 33 heavy (non-hydrogen) atoms. The maximum absolute atomic E-state index is 12.3. The summed E-state index contributed by atoms with van der Waals surface area (Å²) in [6, 6.07) is 19.5. The van der Waals surface area contributed by atoms with Gasteiger partial charge in [0.25, 0.3) is 5.69 Å². The molecule has 0 saturated carbocycles. The molecular weight excluding hydrogens is 463 g/mol. The fourth-order valence-corrected chi connectivity index (χ4v) is 3.89. The lowest BCUT2D eigenvalue weighted by Crippen LogP contribution is -2.20. The highest BCUT2D eigenvalue weighted by Crippen LogP contribution is 2.25. The van der Waals surface area contributed by atoms with Gasteiger partial charge in [-0.15, -0.1) is 0 Å². The van der Waals surface area contributed by atoms with E-state index in [2.05, 4.69) is 15.1 Å². The first kappa shape index (κ1) is 22.5. The highest BCUT2D eigenvalue weighted by atomic mass is 35.5. The number of rotatable bonds is 7. The first-order valence-corrected chi connectivity index (χ1v) is 10.7. The summed E-state index contributed by atoms with van der Waals surface area (Å²) in [5, 5.41) is 17.1. The van der Waals surface area contributed by atoms with Crippen LogP contribution in [0.5, 0.6) is 0 Å². The van der Waals surface area contributed by atoms with E-state index in [-0.39, 0.29) is 12.1 Å². The Balaban J connectivity index is 1.51. The molecule has 0 spiro atoms. The molecule has 0 saturated heterocycles. The summed E-state index contributed by atoms with van der Waals surface area (Å²) in [7, 11) is 0. The van der Waals surface area contributed by atoms with Crippen LogP contribution >= 0.6 is 23.2 Å². The average Bonchev–Trinajstić information content (AvgIpc) is 3.14. The second-order valence-corrected chi connectivity index (χ2v) is 8.15. The van der Waals surface area contributed by atoms with Gasteiger partial charge in [-0.25, -0.2) is 5.43 Å². The van der Waals surface area contributed by atoms with Crippen LogP contribution in [0.2, 0.25) is 10.0 Å². The average molecular weight is 481 g/mol. The highest BCUT2D eigenvalue weighted by molar-refractivity contribution is 6.42. The minimum atomic E-state index is -0.505. The van der Waals surface area contributed by atoms with Gasteiger partial charge in [0.2, 0.25) is 5.91 Å². The van der Waals surface area contributed by atoms with Gasteiger partial charge in [-0.1, -0.05) is 65.7 Å². The molecule has 0 bridgehead atoms. The summed E-state index contributed by atoms with van der Waals surface area (Å²) in [6.07, 6.45) is 3.35. The van der Waals surface area contributed by atoms with Crippen molar-refractivity contribution in [2.45, 2.75) is 13.0 Å². The van der Waals surface area contributed by atoms with E-state index in [9.17, 15) is 14.9 Å². The van der Waals surface area contributed by atoms with Gasteiger partial charge < -0.3 is 4.57 Å². The van der Waals surface area contributed by atoms with Gasteiger partial charge in [-0.05, 0) is 23.8 Å². The number of carbonyl (C=O) groups is 1. The van der Waals surface area contributed by atoms with Crippen LogP contribution in [0.25, 0.3) is 10.9 Å². The molecule has 1 heterocycles. The molecule has 1 N–H and O–H groups in total. The van der Waals surface area contributed by atoms with E-state index in [0.29, 0.717) is 22.2 Å². The van der Waals surface area contributed by atoms with E-state index in [1.807, 2.05) is 42.6 Å². The number of nitrogens with zero attached hydrogens (tertiary/aromatic N) is 3. The Hall–Kier alpha value is -3.68. The largest absolute Gasteiger partial charge is 0.342 e. The van der Waals surface area contributed by atoms with Crippen LogP contribution in [0.4, 0.5) is 5.69 Å². The van der Waals surface area contributed by atoms with Crippen molar-refractivity contribution in [3.8, 4) is 0 Å². The maximum Gasteiger partial charge on any atom is 0.273 e. The summed E-state index contributed by atoms with van der Waals surface area (Å²) < 4.78 is 2.06. The maximum atomic E-state index is 12.3. The molecule has 0 radical (unpaired) electrons. The van der Waals surface area contributed by atoms with Gasteiger partial charge >= 0.3 is 0 Å². The number of benzene rings is 3. The van der Waals surface area contributed by atoms with E-state index >= 15 is 0 Å². The van der Waals surface area contributed by atoms with Crippen LogP contribution in [0.15, 0.2) is 78.0 Å².